The first-order chi connectivity index (χ1) is 26.3. The number of hydrogen-bond acceptors (Lipinski definition) is 8. The van der Waals surface area contributed by atoms with Crippen LogP contribution in [-0.4, -0.2) is 120 Å². The second kappa shape index (κ2) is 15.8. The molecule has 4 aliphatic rings. The second-order valence-electron chi connectivity index (χ2n) is 16.2. The summed E-state index contributed by atoms with van der Waals surface area (Å²) < 4.78 is 63.1. The fourth-order valence-electron chi connectivity index (χ4n) is 9.69. The van der Waals surface area contributed by atoms with E-state index in [1.54, 1.807) is 50.5 Å². The molecule has 296 valence electrons. The number of alkyl halides is 1. The van der Waals surface area contributed by atoms with Crippen LogP contribution >= 0.6 is 0 Å². The van der Waals surface area contributed by atoms with Gasteiger partial charge in [0.1, 0.15) is 5.82 Å². The van der Waals surface area contributed by atoms with E-state index in [1.807, 2.05) is 4.90 Å². The van der Waals surface area contributed by atoms with E-state index >= 15 is 8.78 Å². The zero-order valence-corrected chi connectivity index (χ0v) is 32.9. The average Bonchev–Trinajstić information content (AvgIpc) is 3.62. The van der Waals surface area contributed by atoms with Crippen molar-refractivity contribution in [2.45, 2.75) is 65.4 Å². The zero-order valence-electron chi connectivity index (χ0n) is 32.1. The van der Waals surface area contributed by atoms with E-state index < -0.39 is 21.6 Å². The number of nitrogens with zero attached hydrogens (tertiary/aromatic N) is 4. The number of alkyl carbamates (subject to hydrolysis) is 1. The molecule has 13 heteroatoms. The highest BCUT2D eigenvalue weighted by atomic mass is 32.2. The Morgan fingerprint density at radius 2 is 1.60 bits per heavy atom. The largest absolute Gasteiger partial charge is 0.453 e. The molecule has 1 saturated carbocycles. The van der Waals surface area contributed by atoms with Gasteiger partial charge in [-0.05, 0) is 130 Å². The molecule has 3 saturated heterocycles. The van der Waals surface area contributed by atoms with Crippen molar-refractivity contribution in [3.8, 4) is 0 Å². The summed E-state index contributed by atoms with van der Waals surface area (Å²) in [5, 5.41) is 3.14. The van der Waals surface area contributed by atoms with Crippen molar-refractivity contribution >= 4 is 27.5 Å². The lowest BCUT2D eigenvalue weighted by Gasteiger charge is -2.54. The van der Waals surface area contributed by atoms with Crippen LogP contribution < -0.4 is 10.2 Å². The number of methoxy groups -OCH3 is 1. The lowest BCUT2D eigenvalue weighted by Crippen LogP contribution is -2.65. The van der Waals surface area contributed by atoms with Crippen LogP contribution in [0, 0.1) is 17.7 Å². The number of sulfone groups is 1. The van der Waals surface area contributed by atoms with Crippen LogP contribution in [0.15, 0.2) is 82.6 Å². The Morgan fingerprint density at radius 3 is 2.24 bits per heavy atom. The number of halogens is 2. The van der Waals surface area contributed by atoms with Crippen molar-refractivity contribution in [2.24, 2.45) is 11.8 Å². The van der Waals surface area contributed by atoms with Gasteiger partial charge in [0.2, 0.25) is 9.84 Å². The van der Waals surface area contributed by atoms with Gasteiger partial charge in [-0.3, -0.25) is 9.69 Å². The number of benzene rings is 3. The molecule has 1 unspecified atom stereocenters. The maximum Gasteiger partial charge on any atom is 0.407 e. The van der Waals surface area contributed by atoms with E-state index in [-0.39, 0.29) is 57.9 Å². The molecule has 55 heavy (non-hydrogen) atoms. The van der Waals surface area contributed by atoms with Gasteiger partial charge >= 0.3 is 6.09 Å². The second-order valence-corrected chi connectivity index (χ2v) is 18.2. The number of carbonyl (C=O) groups is 2. The molecule has 3 aromatic rings. The van der Waals surface area contributed by atoms with Crippen molar-refractivity contribution in [2.75, 3.05) is 78.5 Å². The highest BCUT2D eigenvalue weighted by molar-refractivity contribution is 7.91. The summed E-state index contributed by atoms with van der Waals surface area (Å²) in [6.45, 7) is 4.98. The molecule has 3 aromatic carbocycles. The van der Waals surface area contributed by atoms with Crippen LogP contribution in [-0.2, 0) is 20.0 Å². The molecule has 4 fully saturated rings. The van der Waals surface area contributed by atoms with Gasteiger partial charge in [-0.1, -0.05) is 24.6 Å². The predicted molar refractivity (Wildman–Crippen MR) is 207 cm³/mol. The van der Waals surface area contributed by atoms with Gasteiger partial charge in [0.05, 0.1) is 30.0 Å². The first kappa shape index (κ1) is 39.2. The summed E-state index contributed by atoms with van der Waals surface area (Å²) in [5.41, 5.74) is 0.239. The number of likely N-dealkylation sites (tertiary alicyclic amines) is 2. The van der Waals surface area contributed by atoms with Crippen molar-refractivity contribution in [3.05, 3.63) is 89.7 Å². The van der Waals surface area contributed by atoms with Gasteiger partial charge in [-0.15, -0.1) is 0 Å². The number of rotatable bonds is 12. The van der Waals surface area contributed by atoms with Crippen molar-refractivity contribution < 1.29 is 31.5 Å². The number of piperidine rings is 1. The van der Waals surface area contributed by atoms with Crippen molar-refractivity contribution in [1.29, 1.82) is 0 Å². The minimum atomic E-state index is -3.86. The van der Waals surface area contributed by atoms with Crippen molar-refractivity contribution in [1.82, 2.24) is 20.0 Å². The Bertz CT molecular complexity index is 1960. The monoisotopic (exact) mass is 777 g/mol. The van der Waals surface area contributed by atoms with Gasteiger partial charge in [0.25, 0.3) is 5.91 Å². The third kappa shape index (κ3) is 7.97. The van der Waals surface area contributed by atoms with Crippen LogP contribution in [0.5, 0.6) is 0 Å². The van der Waals surface area contributed by atoms with Crippen LogP contribution in [0.25, 0.3) is 0 Å². The number of hydrogen-bond donors (Lipinski definition) is 1. The van der Waals surface area contributed by atoms with E-state index in [0.717, 1.165) is 82.5 Å². The van der Waals surface area contributed by atoms with Gasteiger partial charge in [-0.25, -0.2) is 22.0 Å². The molecule has 7 rings (SSSR count). The Labute approximate surface area is 323 Å². The fraction of sp³-hybridized carbons (Fsp3) is 0.524. The van der Waals surface area contributed by atoms with E-state index in [1.165, 1.54) is 42.3 Å². The lowest BCUT2D eigenvalue weighted by molar-refractivity contribution is 0.00584. The number of ether oxygens (including phenoxy) is 1. The maximum atomic E-state index is 16.3. The molecule has 10 nitrogen and oxygen atoms in total. The van der Waals surface area contributed by atoms with E-state index in [2.05, 4.69) is 21.2 Å². The van der Waals surface area contributed by atoms with Gasteiger partial charge in [0.15, 0.2) is 5.67 Å². The molecule has 3 atom stereocenters. The molecule has 3 aliphatic heterocycles. The average molecular weight is 778 g/mol. The SMILES string of the molecule is COC(=O)N[C@H]1CCC[C@@H]1C(CN1CCC1)(c1cccc(F)c1)C1CCN(CC2(F)CN(c3ccc(S(=O)(=O)c4cccc(C(=O)N(C)C)c4)cc3)C2)CC1. The standard InChI is InChI=1S/C42H53F2N5O5S/c1-46(2)39(50)30-8-4-11-36(24-30)55(52,53)35-16-14-34(15-17-35)49-27-41(44,28-49)26-48-22-18-31(19-23-48)42(29-47-20-7-21-47,32-9-5-10-33(43)25-32)37-12-6-13-38(37)45-40(51)54-3/h4-5,8-11,14-17,24-25,31,37-38H,6-7,12-13,18-23,26-29H2,1-3H3,(H,45,51)/t37-,38-,42?/m0/s1. The van der Waals surface area contributed by atoms with Gasteiger partial charge in [-0.2, -0.15) is 0 Å². The number of carbonyl (C=O) groups excluding carboxylic acids is 2. The molecule has 0 radical (unpaired) electrons. The molecular formula is C42H53F2N5O5S. The highest BCUT2D eigenvalue weighted by Gasteiger charge is 2.54. The Hall–Kier alpha value is -4.07. The predicted octanol–water partition coefficient (Wildman–Crippen LogP) is 5.77. The molecule has 1 N–H and O–H groups in total. The Balaban J connectivity index is 1.02. The minimum Gasteiger partial charge on any atom is -0.453 e. The van der Waals surface area contributed by atoms with Crippen molar-refractivity contribution in [3.63, 3.8) is 0 Å². The number of amides is 2. The first-order valence-electron chi connectivity index (χ1n) is 19.5. The first-order valence-corrected chi connectivity index (χ1v) is 21.0. The maximum absolute atomic E-state index is 16.3. The topological polar surface area (TPSA) is 102 Å². The summed E-state index contributed by atoms with van der Waals surface area (Å²) in [5.74, 6) is -0.213. The Morgan fingerprint density at radius 1 is 0.891 bits per heavy atom. The quantitative estimate of drug-likeness (QED) is 0.248. The van der Waals surface area contributed by atoms with Gasteiger partial charge < -0.3 is 24.8 Å². The fourth-order valence-corrected chi connectivity index (χ4v) is 11.0. The summed E-state index contributed by atoms with van der Waals surface area (Å²) in [4.78, 5) is 33.1. The number of anilines is 1. The Kier molecular flexibility index (Phi) is 11.3. The summed E-state index contributed by atoms with van der Waals surface area (Å²) in [7, 11) is 0.748. The van der Waals surface area contributed by atoms with E-state index in [9.17, 15) is 18.0 Å². The summed E-state index contributed by atoms with van der Waals surface area (Å²) in [6.07, 6.45) is 5.14. The number of nitrogens with one attached hydrogen (secondary N) is 1. The third-order valence-electron chi connectivity index (χ3n) is 12.5. The van der Waals surface area contributed by atoms with E-state index in [4.69, 9.17) is 4.74 Å². The van der Waals surface area contributed by atoms with Crippen LogP contribution in [0.2, 0.25) is 0 Å². The van der Waals surface area contributed by atoms with Crippen LogP contribution in [0.4, 0.5) is 19.3 Å². The minimum absolute atomic E-state index is 0.0399. The molecule has 1 aliphatic carbocycles. The lowest BCUT2D eigenvalue weighted by atomic mass is 9.57. The summed E-state index contributed by atoms with van der Waals surface area (Å²) >= 11 is 0. The molecule has 0 spiro atoms. The normalized spacial score (nSPS) is 23.0. The van der Waals surface area contributed by atoms with Crippen LogP contribution in [0.1, 0.15) is 54.4 Å². The zero-order chi connectivity index (χ0) is 39.0. The molecule has 3 heterocycles. The molecular weight excluding hydrogens is 725 g/mol. The molecule has 0 aromatic heterocycles. The third-order valence-corrected chi connectivity index (χ3v) is 14.3. The molecule has 2 amide bonds. The summed E-state index contributed by atoms with van der Waals surface area (Å²) in [6, 6.07) is 19.5. The smallest absolute Gasteiger partial charge is 0.407 e. The van der Waals surface area contributed by atoms with E-state index in [0.29, 0.717) is 12.1 Å². The highest BCUT2D eigenvalue weighted by Crippen LogP contribution is 2.51. The van der Waals surface area contributed by atoms with Crippen LogP contribution in [0.3, 0.4) is 0 Å². The molecule has 0 bridgehead atoms. The van der Waals surface area contributed by atoms with Gasteiger partial charge in [0, 0.05) is 49.9 Å².